The summed E-state index contributed by atoms with van der Waals surface area (Å²) in [5, 5.41) is 0.503. The lowest BCUT2D eigenvalue weighted by Gasteiger charge is -2.26. The average molecular weight is 632 g/mol. The zero-order valence-electron chi connectivity index (χ0n) is 24.0. The molecule has 9 nitrogen and oxygen atoms in total. The molecule has 1 saturated heterocycles. The van der Waals surface area contributed by atoms with Crippen LogP contribution in [0.5, 0.6) is 23.0 Å². The maximum atomic E-state index is 15.3. The van der Waals surface area contributed by atoms with Gasteiger partial charge in [-0.05, 0) is 68.8 Å². The van der Waals surface area contributed by atoms with Gasteiger partial charge in [-0.2, -0.15) is 22.0 Å². The summed E-state index contributed by atoms with van der Waals surface area (Å²) in [6, 6.07) is 14.7. The minimum absolute atomic E-state index is 0.0133. The van der Waals surface area contributed by atoms with E-state index in [4.69, 9.17) is 14.2 Å². The first-order valence-corrected chi connectivity index (χ1v) is 15.5. The molecule has 0 spiro atoms. The summed E-state index contributed by atoms with van der Waals surface area (Å²) >= 11 is 0. The van der Waals surface area contributed by atoms with Crippen molar-refractivity contribution in [1.82, 2.24) is 9.88 Å². The van der Waals surface area contributed by atoms with E-state index in [1.54, 1.807) is 18.2 Å². The number of fused-ring (bicyclic) bond motifs is 1. The topological polar surface area (TPSA) is 90.4 Å². The van der Waals surface area contributed by atoms with E-state index in [9.17, 15) is 17.2 Å². The number of hydrogen-bond donors (Lipinski definition) is 0. The molecule has 0 N–H and O–H groups in total. The van der Waals surface area contributed by atoms with Gasteiger partial charge < -0.3 is 19.1 Å². The van der Waals surface area contributed by atoms with Gasteiger partial charge in [0.2, 0.25) is 0 Å². The smallest absolute Gasteiger partial charge is 0.366 e. The van der Waals surface area contributed by atoms with E-state index in [-0.39, 0.29) is 20.9 Å². The zero-order chi connectivity index (χ0) is 31.1. The zero-order valence-corrected chi connectivity index (χ0v) is 24.8. The molecule has 234 valence electrons. The highest BCUT2D eigenvalue weighted by Crippen LogP contribution is 2.38. The molecule has 5 rings (SSSR count). The second-order valence-electron chi connectivity index (χ2n) is 10.1. The number of likely N-dealkylation sites (tertiary alicyclic amines) is 1. The van der Waals surface area contributed by atoms with Gasteiger partial charge in [0.1, 0.15) is 5.75 Å². The van der Waals surface area contributed by atoms with Crippen molar-refractivity contribution in [2.24, 2.45) is 0 Å². The van der Waals surface area contributed by atoms with Crippen molar-refractivity contribution in [1.29, 1.82) is 0 Å². The van der Waals surface area contributed by atoms with E-state index in [2.05, 4.69) is 14.7 Å². The monoisotopic (exact) mass is 631 g/mol. The molecule has 1 aliphatic rings. The Bertz CT molecular complexity index is 1670. The van der Waals surface area contributed by atoms with Crippen LogP contribution < -0.4 is 18.7 Å². The summed E-state index contributed by atoms with van der Waals surface area (Å²) in [4.78, 5) is 10.8. The van der Waals surface area contributed by atoms with Crippen molar-refractivity contribution in [2.45, 2.75) is 37.2 Å². The molecule has 1 aliphatic heterocycles. The highest BCUT2D eigenvalue weighted by Gasteiger charge is 2.30. The highest BCUT2D eigenvalue weighted by molar-refractivity contribution is 7.92. The van der Waals surface area contributed by atoms with Gasteiger partial charge in [0.15, 0.2) is 23.1 Å². The Hall–Kier alpha value is -4.07. The van der Waals surface area contributed by atoms with Crippen molar-refractivity contribution < 1.29 is 40.6 Å². The highest BCUT2D eigenvalue weighted by atomic mass is 32.2. The van der Waals surface area contributed by atoms with Crippen LogP contribution in [0.1, 0.15) is 25.7 Å². The summed E-state index contributed by atoms with van der Waals surface area (Å²) in [7, 11) is -3.10. The van der Waals surface area contributed by atoms with Crippen molar-refractivity contribution in [2.75, 3.05) is 37.8 Å². The maximum absolute atomic E-state index is 15.3. The molecule has 1 aromatic heterocycles. The van der Waals surface area contributed by atoms with Gasteiger partial charge in [-0.3, -0.25) is 4.98 Å². The largest absolute Gasteiger partial charge is 0.493 e. The van der Waals surface area contributed by atoms with Gasteiger partial charge >= 0.3 is 6.61 Å². The van der Waals surface area contributed by atoms with Crippen LogP contribution >= 0.6 is 0 Å². The molecule has 1 fully saturated rings. The molecule has 44 heavy (non-hydrogen) atoms. The van der Waals surface area contributed by atoms with E-state index in [0.29, 0.717) is 29.0 Å². The van der Waals surface area contributed by atoms with Gasteiger partial charge in [-0.25, -0.2) is 4.39 Å². The molecule has 4 aromatic rings. The fourth-order valence-electron chi connectivity index (χ4n) is 4.96. The van der Waals surface area contributed by atoms with E-state index in [1.807, 2.05) is 0 Å². The van der Waals surface area contributed by atoms with Gasteiger partial charge in [-0.15, -0.1) is 4.47 Å². The fraction of sp³-hybridized carbons (Fsp3) is 0.323. The lowest BCUT2D eigenvalue weighted by Crippen LogP contribution is -2.33. The number of alkyl halides is 2. The van der Waals surface area contributed by atoms with Crippen LogP contribution in [0.3, 0.4) is 0 Å². The molecular weight excluding hydrogens is 599 g/mol. The first kappa shape index (κ1) is 31.4. The van der Waals surface area contributed by atoms with Gasteiger partial charge in [0.25, 0.3) is 10.0 Å². The normalized spacial score (nSPS) is 14.1. The molecule has 0 saturated carbocycles. The van der Waals surface area contributed by atoms with Crippen LogP contribution in [0.4, 0.5) is 18.9 Å². The van der Waals surface area contributed by atoms with Gasteiger partial charge in [0.05, 0.1) is 29.8 Å². The van der Waals surface area contributed by atoms with Crippen molar-refractivity contribution in [3.63, 3.8) is 0 Å². The van der Waals surface area contributed by atoms with Crippen molar-refractivity contribution in [3.8, 4) is 23.0 Å². The Balaban J connectivity index is 1.35. The number of halogens is 3. The molecule has 3 aromatic carbocycles. The molecule has 0 bridgehead atoms. The van der Waals surface area contributed by atoms with Crippen LogP contribution in [0, 0.1) is 5.82 Å². The van der Waals surface area contributed by atoms with E-state index in [0.717, 1.165) is 44.3 Å². The molecule has 0 atom stereocenters. The average Bonchev–Trinajstić information content (AvgIpc) is 3.03. The number of methoxy groups -OCH3 is 1. The number of anilines is 1. The minimum atomic E-state index is -4.61. The molecule has 0 amide bonds. The van der Waals surface area contributed by atoms with Crippen molar-refractivity contribution in [3.05, 3.63) is 78.7 Å². The molecule has 0 radical (unpaired) electrons. The third-order valence-electron chi connectivity index (χ3n) is 7.09. The Morgan fingerprint density at radius 1 is 0.932 bits per heavy atom. The summed E-state index contributed by atoms with van der Waals surface area (Å²) in [5.74, 6) is -0.117. The number of nitrogens with zero attached hydrogens (tertiary/aromatic N) is 3. The van der Waals surface area contributed by atoms with Crippen LogP contribution in [0.25, 0.3) is 10.9 Å². The SMILES string of the molecule is COc1cc2c(Oc3ccc(N(OC(F)F)S(=O)(=O)c4ccccc4)cc3F)ccnc2cc1OCCCN1CCCCC1. The second-order valence-corrected chi connectivity index (χ2v) is 11.8. The molecule has 2 heterocycles. The first-order chi connectivity index (χ1) is 21.3. The lowest BCUT2D eigenvalue weighted by atomic mass is 10.1. The first-order valence-electron chi connectivity index (χ1n) is 14.1. The molecule has 0 unspecified atom stereocenters. The van der Waals surface area contributed by atoms with Crippen LogP contribution in [-0.4, -0.2) is 58.3 Å². The maximum Gasteiger partial charge on any atom is 0.366 e. The summed E-state index contributed by atoms with van der Waals surface area (Å²) in [6.07, 6.45) is 6.09. The fourth-order valence-corrected chi connectivity index (χ4v) is 6.23. The number of sulfonamides is 1. The van der Waals surface area contributed by atoms with Crippen LogP contribution in [0.15, 0.2) is 77.8 Å². The Morgan fingerprint density at radius 3 is 2.41 bits per heavy atom. The summed E-state index contributed by atoms with van der Waals surface area (Å²) < 4.78 is 85.2. The molecular formula is C31H32F3N3O6S. The number of piperidine rings is 1. The number of hydrogen-bond acceptors (Lipinski definition) is 8. The van der Waals surface area contributed by atoms with Crippen molar-refractivity contribution >= 4 is 26.6 Å². The summed E-state index contributed by atoms with van der Waals surface area (Å²) in [5.41, 5.74) is 0.0270. The Morgan fingerprint density at radius 2 is 1.70 bits per heavy atom. The lowest BCUT2D eigenvalue weighted by molar-refractivity contribution is -0.123. The standard InChI is InChI=1S/C31H32F3N3O6S/c1-40-29-20-24-26(21-30(29)41-18-8-17-36-15-6-3-7-16-36)35-14-13-27(24)42-28-12-11-22(19-25(28)32)37(43-31(33)34)44(38,39)23-9-4-2-5-10-23/h2,4-5,9-14,19-21,31H,3,6-8,15-18H2,1H3. The van der Waals surface area contributed by atoms with Gasteiger partial charge in [-0.1, -0.05) is 24.6 Å². The Labute approximate surface area is 253 Å². The number of rotatable bonds is 13. The van der Waals surface area contributed by atoms with Crippen LogP contribution in [-0.2, 0) is 14.9 Å². The minimum Gasteiger partial charge on any atom is -0.493 e. The number of ether oxygens (including phenoxy) is 3. The van der Waals surface area contributed by atoms with E-state index < -0.39 is 28.1 Å². The van der Waals surface area contributed by atoms with E-state index >= 15 is 4.39 Å². The third kappa shape index (κ3) is 7.34. The van der Waals surface area contributed by atoms with Crippen LogP contribution in [0.2, 0.25) is 0 Å². The predicted octanol–water partition coefficient (Wildman–Crippen LogP) is 6.78. The number of pyridine rings is 1. The molecule has 13 heteroatoms. The quantitative estimate of drug-likeness (QED) is 0.118. The number of benzene rings is 3. The number of aromatic nitrogens is 1. The van der Waals surface area contributed by atoms with E-state index in [1.165, 1.54) is 62.9 Å². The summed E-state index contributed by atoms with van der Waals surface area (Å²) in [6.45, 7) is 0.196. The second kappa shape index (κ2) is 14.1. The third-order valence-corrected chi connectivity index (χ3v) is 8.69. The molecule has 0 aliphatic carbocycles. The van der Waals surface area contributed by atoms with Gasteiger partial charge in [0, 0.05) is 30.3 Å². The Kier molecular flexibility index (Phi) is 10.1. The predicted molar refractivity (Wildman–Crippen MR) is 158 cm³/mol.